The maximum Gasteiger partial charge on any atom is 0.252 e. The molecular formula is C28H33Cl2F2N3O2. The molecule has 37 heavy (non-hydrogen) atoms. The van der Waals surface area contributed by atoms with E-state index in [-0.39, 0.29) is 48.3 Å². The molecule has 2 atom stereocenters. The lowest BCUT2D eigenvalue weighted by Gasteiger charge is -2.43. The van der Waals surface area contributed by atoms with Crippen LogP contribution in [-0.4, -0.2) is 47.3 Å². The number of β-amino-alcohol motifs (C(OH)–C–C–N with tert-alkyl or cyclic N) is 1. The van der Waals surface area contributed by atoms with Crippen molar-refractivity contribution in [3.63, 3.8) is 0 Å². The lowest BCUT2D eigenvalue weighted by Crippen LogP contribution is -2.69. The first kappa shape index (κ1) is 30.7. The van der Waals surface area contributed by atoms with Crippen LogP contribution in [0.3, 0.4) is 0 Å². The molecule has 0 bridgehead atoms. The fraction of sp³-hybridized carbons (Fsp3) is 0.321. The zero-order valence-electron chi connectivity index (χ0n) is 20.4. The Balaban J connectivity index is 0.00000241. The first-order valence-electron chi connectivity index (χ1n) is 11.9. The molecule has 1 aliphatic rings. The summed E-state index contributed by atoms with van der Waals surface area (Å²) in [6.45, 7) is 1.72. The minimum absolute atomic E-state index is 0. The van der Waals surface area contributed by atoms with Crippen molar-refractivity contribution in [2.75, 3.05) is 19.6 Å². The number of nitrogens with one attached hydrogen (secondary N) is 1. The van der Waals surface area contributed by atoms with Gasteiger partial charge in [-0.2, -0.15) is 0 Å². The number of amides is 1. The maximum atomic E-state index is 13.5. The molecule has 3 aromatic rings. The van der Waals surface area contributed by atoms with Gasteiger partial charge in [-0.05, 0) is 73.3 Å². The van der Waals surface area contributed by atoms with Crippen LogP contribution in [-0.2, 0) is 0 Å². The molecule has 2 unspecified atom stereocenters. The highest BCUT2D eigenvalue weighted by atomic mass is 35.5. The summed E-state index contributed by atoms with van der Waals surface area (Å²) in [5.41, 5.74) is 7.65. The number of likely N-dealkylation sites (tertiary alicyclic amines) is 1. The predicted octanol–water partition coefficient (Wildman–Crippen LogP) is 4.87. The first-order valence-corrected chi connectivity index (χ1v) is 11.9. The SMILES string of the molecule is Cl.Cl.NC1(NC(=O)c2ccccc2)CCN(CCCC(c2ccc(F)cc2)c2ccc(F)cc2)CC1O. The summed E-state index contributed by atoms with van der Waals surface area (Å²) in [5, 5.41) is 13.6. The van der Waals surface area contributed by atoms with Crippen molar-refractivity contribution in [1.82, 2.24) is 10.2 Å². The van der Waals surface area contributed by atoms with E-state index in [9.17, 15) is 18.7 Å². The summed E-state index contributed by atoms with van der Waals surface area (Å²) in [6.07, 6.45) is 1.11. The van der Waals surface area contributed by atoms with Crippen LogP contribution in [0.2, 0.25) is 0 Å². The lowest BCUT2D eigenvalue weighted by molar-refractivity contribution is -0.0106. The number of aliphatic hydroxyl groups is 1. The number of carbonyl (C=O) groups is 1. The van der Waals surface area contributed by atoms with Gasteiger partial charge in [0, 0.05) is 24.6 Å². The predicted molar refractivity (Wildman–Crippen MR) is 146 cm³/mol. The van der Waals surface area contributed by atoms with E-state index in [0.717, 1.165) is 30.5 Å². The van der Waals surface area contributed by atoms with Gasteiger partial charge < -0.3 is 21.1 Å². The van der Waals surface area contributed by atoms with E-state index in [2.05, 4.69) is 10.2 Å². The molecule has 200 valence electrons. The van der Waals surface area contributed by atoms with E-state index < -0.39 is 11.8 Å². The summed E-state index contributed by atoms with van der Waals surface area (Å²) in [5.74, 6) is -0.885. The molecule has 4 rings (SSSR count). The van der Waals surface area contributed by atoms with Crippen molar-refractivity contribution in [3.8, 4) is 0 Å². The number of hydrogen-bond acceptors (Lipinski definition) is 4. The number of nitrogens with two attached hydrogens (primary N) is 1. The Labute approximate surface area is 228 Å². The second-order valence-corrected chi connectivity index (χ2v) is 9.22. The van der Waals surface area contributed by atoms with Crippen molar-refractivity contribution < 1.29 is 18.7 Å². The van der Waals surface area contributed by atoms with Crippen molar-refractivity contribution in [3.05, 3.63) is 107 Å². The van der Waals surface area contributed by atoms with Gasteiger partial charge in [-0.25, -0.2) is 8.78 Å². The highest BCUT2D eigenvalue weighted by Crippen LogP contribution is 2.30. The van der Waals surface area contributed by atoms with Crippen molar-refractivity contribution in [1.29, 1.82) is 0 Å². The molecular weight excluding hydrogens is 519 g/mol. The van der Waals surface area contributed by atoms with Crippen molar-refractivity contribution >= 4 is 30.7 Å². The van der Waals surface area contributed by atoms with Crippen LogP contribution in [0.5, 0.6) is 0 Å². The van der Waals surface area contributed by atoms with Crippen LogP contribution < -0.4 is 11.1 Å². The van der Waals surface area contributed by atoms with Gasteiger partial charge in [0.05, 0.1) is 0 Å². The van der Waals surface area contributed by atoms with Gasteiger partial charge >= 0.3 is 0 Å². The third kappa shape index (κ3) is 7.97. The molecule has 1 aliphatic heterocycles. The average molecular weight is 552 g/mol. The van der Waals surface area contributed by atoms with E-state index >= 15 is 0 Å². The topological polar surface area (TPSA) is 78.6 Å². The first-order chi connectivity index (χ1) is 16.8. The largest absolute Gasteiger partial charge is 0.388 e. The fourth-order valence-electron chi connectivity index (χ4n) is 4.67. The van der Waals surface area contributed by atoms with Gasteiger partial charge in [-0.15, -0.1) is 24.8 Å². The molecule has 1 heterocycles. The molecule has 5 nitrogen and oxygen atoms in total. The van der Waals surface area contributed by atoms with Crippen LogP contribution in [0.25, 0.3) is 0 Å². The Morgan fingerprint density at radius 3 is 2.03 bits per heavy atom. The lowest BCUT2D eigenvalue weighted by atomic mass is 9.87. The molecule has 3 aromatic carbocycles. The Morgan fingerprint density at radius 2 is 1.51 bits per heavy atom. The zero-order valence-corrected chi connectivity index (χ0v) is 22.0. The maximum absolute atomic E-state index is 13.5. The molecule has 0 spiro atoms. The van der Waals surface area contributed by atoms with Crippen LogP contribution >= 0.6 is 24.8 Å². The van der Waals surface area contributed by atoms with E-state index in [0.29, 0.717) is 25.1 Å². The number of piperidine rings is 1. The Kier molecular flexibility index (Phi) is 11.5. The zero-order chi connectivity index (χ0) is 24.8. The summed E-state index contributed by atoms with van der Waals surface area (Å²) >= 11 is 0. The van der Waals surface area contributed by atoms with Crippen LogP contribution in [0.1, 0.15) is 46.7 Å². The van der Waals surface area contributed by atoms with Gasteiger partial charge in [0.1, 0.15) is 23.4 Å². The molecule has 9 heteroatoms. The summed E-state index contributed by atoms with van der Waals surface area (Å²) < 4.78 is 26.9. The molecule has 4 N–H and O–H groups in total. The normalized spacial score (nSPS) is 19.5. The van der Waals surface area contributed by atoms with Gasteiger partial charge in [-0.1, -0.05) is 42.5 Å². The number of benzene rings is 3. The highest BCUT2D eigenvalue weighted by molar-refractivity contribution is 5.94. The quantitative estimate of drug-likeness (QED) is 0.349. The molecule has 1 amide bonds. The van der Waals surface area contributed by atoms with Crippen molar-refractivity contribution in [2.24, 2.45) is 5.73 Å². The fourth-order valence-corrected chi connectivity index (χ4v) is 4.67. The summed E-state index contributed by atoms with van der Waals surface area (Å²) in [7, 11) is 0. The number of aliphatic hydroxyl groups excluding tert-OH is 1. The second kappa shape index (κ2) is 13.8. The Bertz CT molecular complexity index is 1080. The number of nitrogens with zero attached hydrogens (tertiary/aromatic N) is 1. The minimum atomic E-state index is -1.19. The Hall–Kier alpha value is -2.55. The highest BCUT2D eigenvalue weighted by Gasteiger charge is 2.40. The van der Waals surface area contributed by atoms with Crippen LogP contribution in [0.15, 0.2) is 78.9 Å². The number of hydrogen-bond donors (Lipinski definition) is 3. The van der Waals surface area contributed by atoms with E-state index in [1.54, 1.807) is 48.5 Å². The van der Waals surface area contributed by atoms with E-state index in [4.69, 9.17) is 5.73 Å². The van der Waals surface area contributed by atoms with Gasteiger partial charge in [-0.3, -0.25) is 4.79 Å². The minimum Gasteiger partial charge on any atom is -0.388 e. The van der Waals surface area contributed by atoms with Crippen LogP contribution in [0.4, 0.5) is 8.78 Å². The molecule has 0 saturated carbocycles. The third-order valence-electron chi connectivity index (χ3n) is 6.76. The summed E-state index contributed by atoms with van der Waals surface area (Å²) in [6, 6.07) is 21.7. The third-order valence-corrected chi connectivity index (χ3v) is 6.76. The van der Waals surface area contributed by atoms with Gasteiger partial charge in [0.25, 0.3) is 5.91 Å². The van der Waals surface area contributed by atoms with E-state index in [1.165, 1.54) is 24.3 Å². The molecule has 0 aromatic heterocycles. The average Bonchev–Trinajstić information content (AvgIpc) is 2.86. The monoisotopic (exact) mass is 551 g/mol. The smallest absolute Gasteiger partial charge is 0.252 e. The van der Waals surface area contributed by atoms with Crippen molar-refractivity contribution in [2.45, 2.75) is 36.9 Å². The second-order valence-electron chi connectivity index (χ2n) is 9.22. The summed E-state index contributed by atoms with van der Waals surface area (Å²) in [4.78, 5) is 14.7. The van der Waals surface area contributed by atoms with Gasteiger partial charge in [0.2, 0.25) is 0 Å². The van der Waals surface area contributed by atoms with Crippen LogP contribution in [0, 0.1) is 11.6 Å². The molecule has 0 aliphatic carbocycles. The number of carbonyl (C=O) groups excluding carboxylic acids is 1. The molecule has 1 fully saturated rings. The standard InChI is InChI=1S/C28H31F2N3O2.2ClH/c29-23-12-8-20(9-13-23)25(21-10-14-24(30)15-11-21)7-4-17-33-18-16-28(31,26(34)19-33)32-27(35)22-5-2-1-3-6-22;;/h1-3,5-6,8-15,25-26,34H,4,7,16-19,31H2,(H,32,35);2*1H. The molecule has 1 saturated heterocycles. The number of rotatable bonds is 8. The van der Waals surface area contributed by atoms with Gasteiger partial charge in [0.15, 0.2) is 0 Å². The van der Waals surface area contributed by atoms with E-state index in [1.807, 2.05) is 6.07 Å². The Morgan fingerprint density at radius 1 is 0.973 bits per heavy atom. The molecule has 0 radical (unpaired) electrons. The number of halogens is 4.